The second-order valence-electron chi connectivity index (χ2n) is 7.13. The maximum Gasteiger partial charge on any atom is 0.407 e. The van der Waals surface area contributed by atoms with Gasteiger partial charge < -0.3 is 25.4 Å². The van der Waals surface area contributed by atoms with Crippen LogP contribution in [0.15, 0.2) is 42.5 Å². The Morgan fingerprint density at radius 3 is 2.54 bits per heavy atom. The van der Waals surface area contributed by atoms with E-state index in [2.05, 4.69) is 5.32 Å². The summed E-state index contributed by atoms with van der Waals surface area (Å²) in [5.74, 6) is -1.35. The van der Waals surface area contributed by atoms with Crippen molar-refractivity contribution in [3.8, 4) is 0 Å². The van der Waals surface area contributed by atoms with Gasteiger partial charge in [0.15, 0.2) is 0 Å². The minimum atomic E-state index is -0.814. The van der Waals surface area contributed by atoms with E-state index >= 15 is 0 Å². The first-order valence-corrected chi connectivity index (χ1v) is 9.65. The highest BCUT2D eigenvalue weighted by Crippen LogP contribution is 2.35. The number of aliphatic hydroxyl groups excluding tert-OH is 2. The highest BCUT2D eigenvalue weighted by atomic mass is 16.5. The van der Waals surface area contributed by atoms with Crippen molar-refractivity contribution < 1.29 is 29.6 Å². The van der Waals surface area contributed by atoms with E-state index in [0.717, 1.165) is 5.56 Å². The third-order valence-corrected chi connectivity index (χ3v) is 5.04. The molecule has 1 aromatic rings. The standard InChI is InChI=1S/C21H29NO6/c23-18-12-19(24)17(16(18)10-6-1-2-7-11-20(25)26)14-28-21(27)22-13-15-8-4-3-5-9-15/h1,3-6,8-9,16-19,23-24H,2,7,10-14H2,(H,22,27)(H,25,26)/b6-1-/t16?,17-,18-,19-/m1/s1. The number of alkyl carbamates (subject to hydrolysis) is 1. The van der Waals surface area contributed by atoms with Crippen molar-refractivity contribution in [1.29, 1.82) is 0 Å². The number of amides is 1. The number of nitrogens with one attached hydrogen (secondary N) is 1. The molecule has 1 amide bonds. The van der Waals surface area contributed by atoms with Crippen LogP contribution in [-0.2, 0) is 16.1 Å². The fourth-order valence-electron chi connectivity index (χ4n) is 3.47. The van der Waals surface area contributed by atoms with Gasteiger partial charge in [0.05, 0.1) is 18.8 Å². The Kier molecular flexibility index (Phi) is 8.97. The van der Waals surface area contributed by atoms with Gasteiger partial charge in [-0.3, -0.25) is 4.79 Å². The molecular weight excluding hydrogens is 362 g/mol. The van der Waals surface area contributed by atoms with Crippen LogP contribution in [0.5, 0.6) is 0 Å². The fraction of sp³-hybridized carbons (Fsp3) is 0.524. The summed E-state index contributed by atoms with van der Waals surface area (Å²) in [5.41, 5.74) is 0.960. The van der Waals surface area contributed by atoms with Crippen LogP contribution in [0, 0.1) is 11.8 Å². The molecule has 4 N–H and O–H groups in total. The zero-order valence-corrected chi connectivity index (χ0v) is 15.9. The monoisotopic (exact) mass is 391 g/mol. The van der Waals surface area contributed by atoms with Crippen LogP contribution in [0.1, 0.15) is 37.7 Å². The van der Waals surface area contributed by atoms with Gasteiger partial charge in [-0.25, -0.2) is 4.79 Å². The molecule has 1 aromatic carbocycles. The van der Waals surface area contributed by atoms with E-state index in [0.29, 0.717) is 25.8 Å². The average Bonchev–Trinajstić information content (AvgIpc) is 2.94. The number of allylic oxidation sites excluding steroid dienone is 2. The number of carboxylic acids is 1. The largest absolute Gasteiger partial charge is 0.481 e. The zero-order valence-electron chi connectivity index (χ0n) is 15.9. The van der Waals surface area contributed by atoms with Gasteiger partial charge in [0.1, 0.15) is 0 Å². The molecule has 7 heteroatoms. The van der Waals surface area contributed by atoms with Crippen molar-refractivity contribution in [1.82, 2.24) is 5.32 Å². The van der Waals surface area contributed by atoms with E-state index in [1.165, 1.54) is 0 Å². The number of carbonyl (C=O) groups excluding carboxylic acids is 1. The van der Waals surface area contributed by atoms with Gasteiger partial charge in [0.25, 0.3) is 0 Å². The van der Waals surface area contributed by atoms with Gasteiger partial charge in [-0.15, -0.1) is 0 Å². The predicted octanol–water partition coefficient (Wildman–Crippen LogP) is 2.47. The molecule has 0 aromatic heterocycles. The Bertz CT molecular complexity index is 648. The van der Waals surface area contributed by atoms with Gasteiger partial charge in [-0.2, -0.15) is 0 Å². The SMILES string of the molecule is O=C(O)CCC/C=C\CC1[C@H](O)C[C@@H](O)[C@@H]1COC(=O)NCc1ccccc1. The first-order chi connectivity index (χ1) is 13.5. The maximum absolute atomic E-state index is 11.9. The number of aliphatic hydroxyl groups is 2. The molecule has 0 bridgehead atoms. The lowest BCUT2D eigenvalue weighted by Crippen LogP contribution is -2.31. The maximum atomic E-state index is 11.9. The number of hydrogen-bond acceptors (Lipinski definition) is 5. The minimum Gasteiger partial charge on any atom is -0.481 e. The predicted molar refractivity (Wildman–Crippen MR) is 103 cm³/mol. The summed E-state index contributed by atoms with van der Waals surface area (Å²) < 4.78 is 5.26. The molecule has 0 spiro atoms. The third-order valence-electron chi connectivity index (χ3n) is 5.04. The Morgan fingerprint density at radius 1 is 1.11 bits per heavy atom. The highest BCUT2D eigenvalue weighted by Gasteiger charge is 2.41. The first-order valence-electron chi connectivity index (χ1n) is 9.65. The van der Waals surface area contributed by atoms with Gasteiger partial charge in [0.2, 0.25) is 0 Å². The molecule has 1 saturated carbocycles. The summed E-state index contributed by atoms with van der Waals surface area (Å²) in [6, 6.07) is 9.47. The molecule has 0 saturated heterocycles. The highest BCUT2D eigenvalue weighted by molar-refractivity contribution is 5.67. The molecule has 2 rings (SSSR count). The molecule has 0 radical (unpaired) electrons. The van der Waals surface area contributed by atoms with Crippen molar-refractivity contribution in [2.45, 2.75) is 50.9 Å². The quantitative estimate of drug-likeness (QED) is 0.360. The van der Waals surface area contributed by atoms with E-state index in [1.54, 1.807) is 0 Å². The van der Waals surface area contributed by atoms with E-state index in [4.69, 9.17) is 9.84 Å². The minimum absolute atomic E-state index is 0.0381. The number of benzene rings is 1. The van der Waals surface area contributed by atoms with Gasteiger partial charge in [-0.1, -0.05) is 42.5 Å². The Morgan fingerprint density at radius 2 is 1.82 bits per heavy atom. The Hall–Kier alpha value is -2.38. The van der Waals surface area contributed by atoms with E-state index in [9.17, 15) is 19.8 Å². The molecular formula is C21H29NO6. The lowest BCUT2D eigenvalue weighted by molar-refractivity contribution is -0.137. The summed E-state index contributed by atoms with van der Waals surface area (Å²) in [5, 5.41) is 31.7. The number of carboxylic acid groups (broad SMARTS) is 1. The molecule has 1 aliphatic rings. The van der Waals surface area contributed by atoms with Crippen molar-refractivity contribution in [3.63, 3.8) is 0 Å². The molecule has 28 heavy (non-hydrogen) atoms. The summed E-state index contributed by atoms with van der Waals surface area (Å²) in [4.78, 5) is 22.4. The number of rotatable bonds is 10. The number of carbonyl (C=O) groups is 2. The van der Waals surface area contributed by atoms with Gasteiger partial charge >= 0.3 is 12.1 Å². The van der Waals surface area contributed by atoms with Crippen LogP contribution >= 0.6 is 0 Å². The number of unbranched alkanes of at least 4 members (excludes halogenated alkanes) is 1. The van der Waals surface area contributed by atoms with Crippen LogP contribution in [0.4, 0.5) is 4.79 Å². The van der Waals surface area contributed by atoms with E-state index in [1.807, 2.05) is 42.5 Å². The number of hydrogen-bond donors (Lipinski definition) is 4. The van der Waals surface area contributed by atoms with E-state index < -0.39 is 24.3 Å². The average molecular weight is 391 g/mol. The smallest absolute Gasteiger partial charge is 0.407 e. The Balaban J connectivity index is 1.75. The second-order valence-corrected chi connectivity index (χ2v) is 7.13. The lowest BCUT2D eigenvalue weighted by Gasteiger charge is -2.22. The van der Waals surface area contributed by atoms with Crippen LogP contribution < -0.4 is 5.32 Å². The van der Waals surface area contributed by atoms with Crippen LogP contribution in [0.2, 0.25) is 0 Å². The summed E-state index contributed by atoms with van der Waals surface area (Å²) in [7, 11) is 0. The first kappa shape index (κ1) is 21.9. The number of aliphatic carboxylic acids is 1. The molecule has 7 nitrogen and oxygen atoms in total. The van der Waals surface area contributed by atoms with E-state index in [-0.39, 0.29) is 31.3 Å². The zero-order chi connectivity index (χ0) is 20.4. The number of ether oxygens (including phenoxy) is 1. The second kappa shape index (κ2) is 11.5. The normalized spacial score (nSPS) is 24.4. The molecule has 1 aliphatic carbocycles. The molecule has 1 fully saturated rings. The molecule has 1 unspecified atom stereocenters. The molecule has 0 heterocycles. The Labute approximate surface area is 165 Å². The topological polar surface area (TPSA) is 116 Å². The fourth-order valence-corrected chi connectivity index (χ4v) is 3.47. The molecule has 154 valence electrons. The van der Waals surface area contributed by atoms with Crippen molar-refractivity contribution in [3.05, 3.63) is 48.0 Å². The lowest BCUT2D eigenvalue weighted by atomic mass is 9.91. The summed E-state index contributed by atoms with van der Waals surface area (Å²) in [6.07, 6.45) is 4.02. The van der Waals surface area contributed by atoms with Crippen molar-refractivity contribution in [2.24, 2.45) is 11.8 Å². The van der Waals surface area contributed by atoms with Gasteiger partial charge in [0, 0.05) is 18.9 Å². The molecule has 4 atom stereocenters. The van der Waals surface area contributed by atoms with Crippen LogP contribution in [-0.4, -0.2) is 46.2 Å². The van der Waals surface area contributed by atoms with Crippen molar-refractivity contribution in [2.75, 3.05) is 6.61 Å². The van der Waals surface area contributed by atoms with Crippen LogP contribution in [0.3, 0.4) is 0 Å². The van der Waals surface area contributed by atoms with Crippen molar-refractivity contribution >= 4 is 12.1 Å². The summed E-state index contributed by atoms with van der Waals surface area (Å²) in [6.45, 7) is 0.397. The molecule has 0 aliphatic heterocycles. The summed E-state index contributed by atoms with van der Waals surface area (Å²) >= 11 is 0. The van der Waals surface area contributed by atoms with Gasteiger partial charge in [-0.05, 0) is 37.2 Å². The van der Waals surface area contributed by atoms with Crippen LogP contribution in [0.25, 0.3) is 0 Å². The third kappa shape index (κ3) is 7.32.